The SMILES string of the molecule is BC(C)(CC(C)CC)C(C)(/C=C/C)CC. The third-order valence-electron chi connectivity index (χ3n) is 4.37. The van der Waals surface area contributed by atoms with Crippen molar-refractivity contribution in [2.75, 3.05) is 0 Å². The molecule has 0 N–H and O–H groups in total. The van der Waals surface area contributed by atoms with E-state index in [4.69, 9.17) is 0 Å². The molecular weight excluding hydrogens is 179 g/mol. The van der Waals surface area contributed by atoms with Crippen molar-refractivity contribution in [2.45, 2.75) is 66.1 Å². The van der Waals surface area contributed by atoms with Gasteiger partial charge in [-0.15, -0.1) is 0 Å². The highest BCUT2D eigenvalue weighted by atomic mass is 14.4. The van der Waals surface area contributed by atoms with Crippen LogP contribution >= 0.6 is 0 Å². The summed E-state index contributed by atoms with van der Waals surface area (Å²) in [6.45, 7) is 13.9. The molecule has 0 saturated carbocycles. The fourth-order valence-corrected chi connectivity index (χ4v) is 2.44. The van der Waals surface area contributed by atoms with Gasteiger partial charge in [-0.05, 0) is 24.7 Å². The second kappa shape index (κ2) is 5.77. The van der Waals surface area contributed by atoms with E-state index in [1.807, 2.05) is 0 Å². The summed E-state index contributed by atoms with van der Waals surface area (Å²) < 4.78 is 0. The summed E-state index contributed by atoms with van der Waals surface area (Å²) in [4.78, 5) is 0. The molecule has 0 nitrogen and oxygen atoms in total. The van der Waals surface area contributed by atoms with Crippen LogP contribution in [0.15, 0.2) is 12.2 Å². The predicted molar refractivity (Wildman–Crippen MR) is 74.2 cm³/mol. The van der Waals surface area contributed by atoms with E-state index < -0.39 is 0 Å². The zero-order chi connectivity index (χ0) is 12.1. The molecule has 0 fully saturated rings. The molecule has 0 bridgehead atoms. The lowest BCUT2D eigenvalue weighted by Gasteiger charge is -2.44. The molecule has 0 aliphatic rings. The van der Waals surface area contributed by atoms with Crippen LogP contribution in [0.4, 0.5) is 0 Å². The Morgan fingerprint density at radius 2 is 1.80 bits per heavy atom. The van der Waals surface area contributed by atoms with Gasteiger partial charge in [0, 0.05) is 0 Å². The zero-order valence-corrected chi connectivity index (χ0v) is 11.9. The maximum absolute atomic E-state index is 2.42. The predicted octanol–water partition coefficient (Wildman–Crippen LogP) is 4.23. The van der Waals surface area contributed by atoms with Gasteiger partial charge in [0.1, 0.15) is 7.85 Å². The first-order valence-corrected chi connectivity index (χ1v) is 6.46. The summed E-state index contributed by atoms with van der Waals surface area (Å²) in [7, 11) is 2.42. The van der Waals surface area contributed by atoms with Crippen LogP contribution in [0.1, 0.15) is 60.8 Å². The van der Waals surface area contributed by atoms with Crippen LogP contribution in [-0.2, 0) is 0 Å². The van der Waals surface area contributed by atoms with Gasteiger partial charge in [-0.2, -0.15) is 0 Å². The number of rotatable bonds is 6. The minimum absolute atomic E-state index is 0.338. The average molecular weight is 208 g/mol. The molecule has 0 heterocycles. The minimum atomic E-state index is 0.338. The van der Waals surface area contributed by atoms with Gasteiger partial charge < -0.3 is 0 Å². The number of allylic oxidation sites excluding steroid dienone is 2. The summed E-state index contributed by atoms with van der Waals surface area (Å²) in [5.41, 5.74) is 0.338. The topological polar surface area (TPSA) is 0 Å². The fraction of sp³-hybridized carbons (Fsp3) is 0.857. The van der Waals surface area contributed by atoms with E-state index in [0.29, 0.717) is 10.7 Å². The van der Waals surface area contributed by atoms with Gasteiger partial charge in [0.05, 0.1) is 0 Å². The lowest BCUT2D eigenvalue weighted by atomic mass is 9.50. The van der Waals surface area contributed by atoms with Crippen molar-refractivity contribution >= 4 is 7.85 Å². The van der Waals surface area contributed by atoms with Crippen molar-refractivity contribution in [1.29, 1.82) is 0 Å². The van der Waals surface area contributed by atoms with E-state index in [1.54, 1.807) is 0 Å². The molecule has 1 heteroatoms. The van der Waals surface area contributed by atoms with E-state index in [0.717, 1.165) is 5.92 Å². The first-order valence-electron chi connectivity index (χ1n) is 6.46. The van der Waals surface area contributed by atoms with Crippen molar-refractivity contribution in [1.82, 2.24) is 0 Å². The van der Waals surface area contributed by atoms with Crippen LogP contribution in [0.3, 0.4) is 0 Å². The first-order chi connectivity index (χ1) is 6.83. The van der Waals surface area contributed by atoms with Crippen molar-refractivity contribution in [3.8, 4) is 0 Å². The summed E-state index contributed by atoms with van der Waals surface area (Å²) >= 11 is 0. The second-order valence-corrected chi connectivity index (χ2v) is 5.87. The average Bonchev–Trinajstić information content (AvgIpc) is 2.17. The van der Waals surface area contributed by atoms with Crippen molar-refractivity contribution in [3.05, 3.63) is 12.2 Å². The highest BCUT2D eigenvalue weighted by Gasteiger charge is 2.37. The van der Waals surface area contributed by atoms with E-state index >= 15 is 0 Å². The van der Waals surface area contributed by atoms with E-state index in [2.05, 4.69) is 61.5 Å². The Hall–Kier alpha value is -0.195. The molecule has 3 atom stereocenters. The Labute approximate surface area is 97.9 Å². The normalized spacial score (nSPS) is 22.3. The van der Waals surface area contributed by atoms with Crippen LogP contribution in [0, 0.1) is 11.3 Å². The quantitative estimate of drug-likeness (QED) is 0.452. The van der Waals surface area contributed by atoms with Crippen LogP contribution in [0.25, 0.3) is 0 Å². The molecule has 0 saturated heterocycles. The standard InChI is InChI=1S/C14H29B/c1-7-10-13(5,9-3)14(6,15)11-12(4)8-2/h7,10,12H,8-9,11,15H2,1-6H3/b10-7+. The molecule has 0 aliphatic heterocycles. The molecular formula is C14H29B. The highest BCUT2D eigenvalue weighted by molar-refractivity contribution is 6.15. The molecule has 15 heavy (non-hydrogen) atoms. The van der Waals surface area contributed by atoms with Crippen LogP contribution in [0.5, 0.6) is 0 Å². The van der Waals surface area contributed by atoms with Gasteiger partial charge in [-0.3, -0.25) is 0 Å². The Morgan fingerprint density at radius 1 is 1.27 bits per heavy atom. The lowest BCUT2D eigenvalue weighted by molar-refractivity contribution is 0.240. The molecule has 0 radical (unpaired) electrons. The fourth-order valence-electron chi connectivity index (χ4n) is 2.44. The van der Waals surface area contributed by atoms with Gasteiger partial charge in [-0.1, -0.05) is 64.9 Å². The monoisotopic (exact) mass is 208 g/mol. The van der Waals surface area contributed by atoms with Crippen molar-refractivity contribution < 1.29 is 0 Å². The Kier molecular flexibility index (Phi) is 5.70. The summed E-state index contributed by atoms with van der Waals surface area (Å²) in [5.74, 6) is 0.830. The van der Waals surface area contributed by atoms with E-state index in [-0.39, 0.29) is 0 Å². The molecule has 0 aromatic rings. The van der Waals surface area contributed by atoms with Gasteiger partial charge >= 0.3 is 0 Å². The Balaban J connectivity index is 4.79. The van der Waals surface area contributed by atoms with E-state index in [1.165, 1.54) is 19.3 Å². The smallest absolute Gasteiger partial charge is 0.0911 e. The van der Waals surface area contributed by atoms with Gasteiger partial charge in [0.2, 0.25) is 0 Å². The second-order valence-electron chi connectivity index (χ2n) is 5.87. The first kappa shape index (κ1) is 14.8. The molecule has 0 rings (SSSR count). The maximum atomic E-state index is 2.42. The van der Waals surface area contributed by atoms with Gasteiger partial charge in [0.25, 0.3) is 0 Å². The van der Waals surface area contributed by atoms with Gasteiger partial charge in [-0.25, -0.2) is 0 Å². The van der Waals surface area contributed by atoms with E-state index in [9.17, 15) is 0 Å². The van der Waals surface area contributed by atoms with Crippen LogP contribution in [0.2, 0.25) is 5.31 Å². The Morgan fingerprint density at radius 3 is 2.13 bits per heavy atom. The third kappa shape index (κ3) is 3.70. The zero-order valence-electron chi connectivity index (χ0n) is 11.9. The largest absolute Gasteiger partial charge is 0.110 e. The number of hydrogen-bond acceptors (Lipinski definition) is 0. The molecule has 0 aromatic carbocycles. The molecule has 88 valence electrons. The van der Waals surface area contributed by atoms with Gasteiger partial charge in [0.15, 0.2) is 0 Å². The van der Waals surface area contributed by atoms with Crippen LogP contribution < -0.4 is 0 Å². The molecule has 0 amide bonds. The summed E-state index contributed by atoms with van der Waals surface area (Å²) in [5, 5.41) is 0.393. The molecule has 0 spiro atoms. The highest BCUT2D eigenvalue weighted by Crippen LogP contribution is 2.51. The summed E-state index contributed by atoms with van der Waals surface area (Å²) in [6.07, 6.45) is 8.44. The van der Waals surface area contributed by atoms with Crippen molar-refractivity contribution in [2.24, 2.45) is 11.3 Å². The minimum Gasteiger partial charge on any atom is -0.0911 e. The molecule has 0 aliphatic carbocycles. The van der Waals surface area contributed by atoms with Crippen molar-refractivity contribution in [3.63, 3.8) is 0 Å². The summed E-state index contributed by atoms with van der Waals surface area (Å²) in [6, 6.07) is 0. The Bertz CT molecular complexity index is 205. The number of hydrogen-bond donors (Lipinski definition) is 0. The lowest BCUT2D eigenvalue weighted by Crippen LogP contribution is -2.31. The molecule has 0 aromatic heterocycles. The maximum Gasteiger partial charge on any atom is 0.110 e. The third-order valence-corrected chi connectivity index (χ3v) is 4.37. The van der Waals surface area contributed by atoms with Crippen LogP contribution in [-0.4, -0.2) is 7.85 Å². The molecule has 3 unspecified atom stereocenters.